The van der Waals surface area contributed by atoms with E-state index in [1.54, 1.807) is 4.90 Å². The zero-order valence-corrected chi connectivity index (χ0v) is 15.6. The molecule has 1 N–H and O–H groups in total. The van der Waals surface area contributed by atoms with Gasteiger partial charge in [0.2, 0.25) is 11.8 Å². The number of anilines is 1. The van der Waals surface area contributed by atoms with E-state index in [0.717, 1.165) is 14.8 Å². The molecule has 0 unspecified atom stereocenters. The van der Waals surface area contributed by atoms with Gasteiger partial charge in [0.1, 0.15) is 0 Å². The van der Waals surface area contributed by atoms with Crippen LogP contribution in [0.4, 0.5) is 5.69 Å². The van der Waals surface area contributed by atoms with Gasteiger partial charge in [0.25, 0.3) is 0 Å². The molecular formula is C19H19IN2O2. The molecule has 1 heterocycles. The van der Waals surface area contributed by atoms with Gasteiger partial charge in [0.15, 0.2) is 0 Å². The largest absolute Gasteiger partial charge is 0.335 e. The fourth-order valence-corrected chi connectivity index (χ4v) is 3.33. The maximum atomic E-state index is 12.5. The Labute approximate surface area is 155 Å². The molecule has 0 saturated carbocycles. The number of carbonyl (C=O) groups is 2. The van der Waals surface area contributed by atoms with E-state index < -0.39 is 0 Å². The third-order valence-corrected chi connectivity index (χ3v) is 5.11. The van der Waals surface area contributed by atoms with Crippen LogP contribution in [0.3, 0.4) is 0 Å². The van der Waals surface area contributed by atoms with Crippen molar-refractivity contribution >= 4 is 40.1 Å². The standard InChI is InChI=1S/C19H19IN2O2/c1-13(14-5-3-2-4-6-14)22-12-15(11-18(22)23)19(24)21-17-9-7-16(20)8-10-17/h2-10,13,15H,11-12H2,1H3,(H,21,24)/t13-,15-/m1/s1. The predicted octanol–water partition coefficient (Wildman–Crippen LogP) is 3.84. The van der Waals surface area contributed by atoms with Crippen molar-refractivity contribution in [2.75, 3.05) is 11.9 Å². The molecule has 24 heavy (non-hydrogen) atoms. The molecule has 2 atom stereocenters. The summed E-state index contributed by atoms with van der Waals surface area (Å²) >= 11 is 2.22. The van der Waals surface area contributed by atoms with Gasteiger partial charge in [0, 0.05) is 22.2 Å². The van der Waals surface area contributed by atoms with Crippen molar-refractivity contribution in [3.63, 3.8) is 0 Å². The highest BCUT2D eigenvalue weighted by atomic mass is 127. The highest BCUT2D eigenvalue weighted by Crippen LogP contribution is 2.29. The number of amides is 2. The molecule has 0 radical (unpaired) electrons. The number of nitrogens with one attached hydrogen (secondary N) is 1. The van der Waals surface area contributed by atoms with Gasteiger partial charge in [-0.1, -0.05) is 30.3 Å². The first-order valence-corrected chi connectivity index (χ1v) is 9.03. The molecule has 1 aliphatic heterocycles. The Kier molecular flexibility index (Phi) is 5.18. The van der Waals surface area contributed by atoms with Gasteiger partial charge in [-0.2, -0.15) is 0 Å². The minimum atomic E-state index is -0.303. The van der Waals surface area contributed by atoms with E-state index in [2.05, 4.69) is 27.9 Å². The summed E-state index contributed by atoms with van der Waals surface area (Å²) in [5.74, 6) is -0.357. The third-order valence-electron chi connectivity index (χ3n) is 4.39. The molecule has 1 aliphatic rings. The topological polar surface area (TPSA) is 49.4 Å². The van der Waals surface area contributed by atoms with E-state index in [9.17, 15) is 9.59 Å². The first kappa shape index (κ1) is 17.0. The van der Waals surface area contributed by atoms with Gasteiger partial charge < -0.3 is 10.2 Å². The molecule has 1 saturated heterocycles. The molecule has 0 spiro atoms. The summed E-state index contributed by atoms with van der Waals surface area (Å²) in [5.41, 5.74) is 1.85. The van der Waals surface area contributed by atoms with Crippen LogP contribution in [0, 0.1) is 9.49 Å². The van der Waals surface area contributed by atoms with E-state index >= 15 is 0 Å². The van der Waals surface area contributed by atoms with Crippen LogP contribution >= 0.6 is 22.6 Å². The minimum Gasteiger partial charge on any atom is -0.335 e. The number of carbonyl (C=O) groups excluding carboxylic acids is 2. The second kappa shape index (κ2) is 7.34. The maximum Gasteiger partial charge on any atom is 0.229 e. The lowest BCUT2D eigenvalue weighted by atomic mass is 10.1. The van der Waals surface area contributed by atoms with Crippen LogP contribution in [-0.2, 0) is 9.59 Å². The quantitative estimate of drug-likeness (QED) is 0.744. The van der Waals surface area contributed by atoms with Crippen LogP contribution in [0.2, 0.25) is 0 Å². The molecule has 2 amide bonds. The summed E-state index contributed by atoms with van der Waals surface area (Å²) in [4.78, 5) is 26.6. The van der Waals surface area contributed by atoms with Crippen molar-refractivity contribution in [1.29, 1.82) is 0 Å². The molecule has 2 aromatic rings. The van der Waals surface area contributed by atoms with Crippen molar-refractivity contribution in [3.8, 4) is 0 Å². The number of hydrogen-bond donors (Lipinski definition) is 1. The van der Waals surface area contributed by atoms with Gasteiger partial charge in [0.05, 0.1) is 12.0 Å². The van der Waals surface area contributed by atoms with Crippen LogP contribution < -0.4 is 5.32 Å². The Morgan fingerprint density at radius 1 is 1.17 bits per heavy atom. The second-order valence-electron chi connectivity index (χ2n) is 6.03. The fourth-order valence-electron chi connectivity index (χ4n) is 2.97. The molecule has 5 heteroatoms. The molecule has 1 fully saturated rings. The van der Waals surface area contributed by atoms with Crippen LogP contribution in [0.25, 0.3) is 0 Å². The number of likely N-dealkylation sites (tertiary alicyclic amines) is 1. The summed E-state index contributed by atoms with van der Waals surface area (Å²) in [6, 6.07) is 17.5. The van der Waals surface area contributed by atoms with Gasteiger partial charge >= 0.3 is 0 Å². The average Bonchev–Trinajstić information content (AvgIpc) is 2.99. The molecule has 2 aromatic carbocycles. The minimum absolute atomic E-state index is 0.0187. The normalized spacial score (nSPS) is 18.5. The SMILES string of the molecule is C[C@H](c1ccccc1)N1C[C@H](C(=O)Nc2ccc(I)cc2)CC1=O. The molecule has 124 valence electrons. The number of rotatable bonds is 4. The fraction of sp³-hybridized carbons (Fsp3) is 0.263. The molecular weight excluding hydrogens is 415 g/mol. The van der Waals surface area contributed by atoms with Gasteiger partial charge in [-0.05, 0) is 59.3 Å². The molecule has 0 aromatic heterocycles. The number of benzene rings is 2. The van der Waals surface area contributed by atoms with Crippen LogP contribution in [0.1, 0.15) is 24.9 Å². The van der Waals surface area contributed by atoms with E-state index in [1.165, 1.54) is 0 Å². The van der Waals surface area contributed by atoms with Crippen LogP contribution in [-0.4, -0.2) is 23.3 Å². The van der Waals surface area contributed by atoms with Gasteiger partial charge in [-0.3, -0.25) is 9.59 Å². The van der Waals surface area contributed by atoms with E-state index in [0.29, 0.717) is 6.54 Å². The third kappa shape index (κ3) is 3.77. The van der Waals surface area contributed by atoms with Crippen molar-refractivity contribution in [2.45, 2.75) is 19.4 Å². The maximum absolute atomic E-state index is 12.5. The first-order valence-electron chi connectivity index (χ1n) is 7.95. The second-order valence-corrected chi connectivity index (χ2v) is 7.28. The van der Waals surface area contributed by atoms with Gasteiger partial charge in [-0.25, -0.2) is 0 Å². The monoisotopic (exact) mass is 434 g/mol. The van der Waals surface area contributed by atoms with Crippen molar-refractivity contribution in [1.82, 2.24) is 4.90 Å². The Morgan fingerprint density at radius 3 is 2.50 bits per heavy atom. The zero-order valence-electron chi connectivity index (χ0n) is 13.4. The first-order chi connectivity index (χ1) is 11.5. The van der Waals surface area contributed by atoms with E-state index in [4.69, 9.17) is 0 Å². The number of halogens is 1. The lowest BCUT2D eigenvalue weighted by Gasteiger charge is -2.25. The summed E-state index contributed by atoms with van der Waals surface area (Å²) in [5, 5.41) is 2.91. The smallest absolute Gasteiger partial charge is 0.229 e. The summed E-state index contributed by atoms with van der Waals surface area (Å²) in [7, 11) is 0. The Morgan fingerprint density at radius 2 is 1.83 bits per heavy atom. The lowest BCUT2D eigenvalue weighted by Crippen LogP contribution is -2.30. The van der Waals surface area contributed by atoms with Crippen molar-refractivity contribution in [2.24, 2.45) is 5.92 Å². The zero-order chi connectivity index (χ0) is 17.1. The van der Waals surface area contributed by atoms with Gasteiger partial charge in [-0.15, -0.1) is 0 Å². The van der Waals surface area contributed by atoms with Crippen LogP contribution in [0.5, 0.6) is 0 Å². The molecule has 0 bridgehead atoms. The van der Waals surface area contributed by atoms with Crippen molar-refractivity contribution < 1.29 is 9.59 Å². The Balaban J connectivity index is 1.65. The molecule has 4 nitrogen and oxygen atoms in total. The summed E-state index contributed by atoms with van der Waals surface area (Å²) in [6.45, 7) is 2.47. The molecule has 3 rings (SSSR count). The Hall–Kier alpha value is -1.89. The Bertz CT molecular complexity index is 731. The predicted molar refractivity (Wildman–Crippen MR) is 102 cm³/mol. The van der Waals surface area contributed by atoms with E-state index in [1.807, 2.05) is 61.5 Å². The number of hydrogen-bond acceptors (Lipinski definition) is 2. The van der Waals surface area contributed by atoms with E-state index in [-0.39, 0.29) is 30.2 Å². The molecule has 0 aliphatic carbocycles. The van der Waals surface area contributed by atoms with Crippen molar-refractivity contribution in [3.05, 3.63) is 63.7 Å². The van der Waals surface area contributed by atoms with Crippen LogP contribution in [0.15, 0.2) is 54.6 Å². The average molecular weight is 434 g/mol. The number of nitrogens with zero attached hydrogens (tertiary/aromatic N) is 1. The highest BCUT2D eigenvalue weighted by Gasteiger charge is 2.36. The summed E-state index contributed by atoms with van der Waals surface area (Å²) < 4.78 is 1.12. The lowest BCUT2D eigenvalue weighted by molar-refractivity contribution is -0.129. The highest BCUT2D eigenvalue weighted by molar-refractivity contribution is 14.1. The summed E-state index contributed by atoms with van der Waals surface area (Å²) in [6.07, 6.45) is 0.271.